The van der Waals surface area contributed by atoms with Gasteiger partial charge in [-0.05, 0) is 62.1 Å². The normalized spacial score (nSPS) is 14.5. The molecule has 2 heterocycles. The number of halogens is 2. The molecule has 176 valence electrons. The van der Waals surface area contributed by atoms with E-state index in [4.69, 9.17) is 4.42 Å². The van der Waals surface area contributed by atoms with Gasteiger partial charge in [0.2, 0.25) is 5.91 Å². The molecule has 0 saturated carbocycles. The first-order valence-corrected chi connectivity index (χ1v) is 11.0. The number of rotatable bonds is 6. The van der Waals surface area contributed by atoms with Crippen molar-refractivity contribution >= 4 is 11.5 Å². The van der Waals surface area contributed by atoms with E-state index in [0.717, 1.165) is 31.1 Å². The van der Waals surface area contributed by atoms with Crippen LogP contribution in [0, 0.1) is 0 Å². The summed E-state index contributed by atoms with van der Waals surface area (Å²) in [6.07, 6.45) is 8.80. The second-order valence-corrected chi connectivity index (χ2v) is 8.31. The summed E-state index contributed by atoms with van der Waals surface area (Å²) in [5.74, 6) is -2.67. The average Bonchev–Trinajstić information content (AvgIpc) is 3.43. The Hall–Kier alpha value is -3.21. The summed E-state index contributed by atoms with van der Waals surface area (Å²) >= 11 is 0. The molecule has 3 rings (SSSR count). The van der Waals surface area contributed by atoms with Crippen LogP contribution in [0.15, 0.2) is 88.8 Å². The Morgan fingerprint density at radius 2 is 1.73 bits per heavy atom. The van der Waals surface area contributed by atoms with E-state index in [1.165, 1.54) is 29.7 Å². The number of fused-ring (bicyclic) bond motifs is 1. The van der Waals surface area contributed by atoms with Crippen LogP contribution in [-0.2, 0) is 17.9 Å². The van der Waals surface area contributed by atoms with E-state index >= 15 is 0 Å². The lowest BCUT2D eigenvalue weighted by Gasteiger charge is -2.16. The molecular formula is C28H33F2NO2. The number of amides is 1. The second kappa shape index (κ2) is 11.6. The van der Waals surface area contributed by atoms with Crippen molar-refractivity contribution in [3.05, 3.63) is 101 Å². The number of furan rings is 1. The molecule has 1 aromatic heterocycles. The topological polar surface area (TPSA) is 33.5 Å². The Morgan fingerprint density at radius 3 is 2.15 bits per heavy atom. The average molecular weight is 454 g/mol. The van der Waals surface area contributed by atoms with Gasteiger partial charge in [-0.15, -0.1) is 0 Å². The van der Waals surface area contributed by atoms with Crippen LogP contribution < -0.4 is 0 Å². The van der Waals surface area contributed by atoms with E-state index in [1.54, 1.807) is 26.0 Å². The number of carbonyl (C=O) groups excluding carboxylic acids is 1. The molecule has 1 aromatic carbocycles. The lowest BCUT2D eigenvalue weighted by molar-refractivity contribution is -0.131. The Morgan fingerprint density at radius 1 is 1.12 bits per heavy atom. The maximum Gasteiger partial charge on any atom is 0.270 e. The maximum absolute atomic E-state index is 13.4. The lowest BCUT2D eigenvalue weighted by Crippen LogP contribution is -2.25. The lowest BCUT2D eigenvalue weighted by atomic mass is 9.98. The van der Waals surface area contributed by atoms with Gasteiger partial charge in [-0.2, -0.15) is 0 Å². The third-order valence-electron chi connectivity index (χ3n) is 5.51. The third-order valence-corrected chi connectivity index (χ3v) is 5.51. The summed E-state index contributed by atoms with van der Waals surface area (Å²) in [6.45, 7) is 13.3. The van der Waals surface area contributed by atoms with Crippen molar-refractivity contribution < 1.29 is 18.0 Å². The molecule has 0 atom stereocenters. The summed E-state index contributed by atoms with van der Waals surface area (Å²) in [5, 5.41) is 0. The first kappa shape index (κ1) is 26.0. The Balaban J connectivity index is 0.000000234. The van der Waals surface area contributed by atoms with Crippen molar-refractivity contribution in [2.75, 3.05) is 0 Å². The SMILES string of the molecule is C/C=C(\C)CC(=O)N1Cc2ccccc2C1.C=C(C)/C(=C\C(=C/C)c1ccoc1)C(C)(F)F. The molecule has 0 aliphatic carbocycles. The van der Waals surface area contributed by atoms with Crippen LogP contribution in [0.5, 0.6) is 0 Å². The standard InChI is InChI=1S/C14H16F2O.C14H17NO/c1-5-11(12-6-7-17-9-12)8-13(10(2)3)14(4,15)16;1-3-11(2)8-14(16)15-9-12-6-4-5-7-13(12)10-15/h5-9H,2H2,1,3-4H3;3-7H,8-10H2,1-2H3/b11-5+,13-8+;11-3+. The number of hydrogen-bond donors (Lipinski definition) is 0. The fourth-order valence-corrected chi connectivity index (χ4v) is 3.50. The van der Waals surface area contributed by atoms with Crippen LogP contribution >= 0.6 is 0 Å². The second-order valence-electron chi connectivity index (χ2n) is 8.31. The zero-order chi connectivity index (χ0) is 24.6. The highest BCUT2D eigenvalue weighted by Gasteiger charge is 2.28. The van der Waals surface area contributed by atoms with Crippen molar-refractivity contribution in [2.45, 2.75) is 60.1 Å². The third kappa shape index (κ3) is 7.41. The molecule has 33 heavy (non-hydrogen) atoms. The summed E-state index contributed by atoms with van der Waals surface area (Å²) in [7, 11) is 0. The van der Waals surface area contributed by atoms with E-state index in [9.17, 15) is 13.6 Å². The summed E-state index contributed by atoms with van der Waals surface area (Å²) in [5.41, 5.74) is 5.48. The number of benzene rings is 1. The smallest absolute Gasteiger partial charge is 0.270 e. The minimum Gasteiger partial charge on any atom is -0.472 e. The molecule has 0 unspecified atom stereocenters. The van der Waals surface area contributed by atoms with Crippen molar-refractivity contribution in [1.82, 2.24) is 4.90 Å². The fraction of sp³-hybridized carbons (Fsp3) is 0.321. The van der Waals surface area contributed by atoms with Crippen LogP contribution in [0.3, 0.4) is 0 Å². The molecule has 0 spiro atoms. The van der Waals surface area contributed by atoms with E-state index in [-0.39, 0.29) is 11.5 Å². The number of hydrogen-bond acceptors (Lipinski definition) is 2. The van der Waals surface area contributed by atoms with E-state index in [0.29, 0.717) is 17.6 Å². The Kier molecular flexibility index (Phi) is 9.15. The molecule has 1 aliphatic rings. The molecule has 0 N–H and O–H groups in total. The largest absolute Gasteiger partial charge is 0.472 e. The van der Waals surface area contributed by atoms with Crippen molar-refractivity contribution in [3.63, 3.8) is 0 Å². The minimum atomic E-state index is -2.90. The van der Waals surface area contributed by atoms with E-state index < -0.39 is 5.92 Å². The van der Waals surface area contributed by atoms with Crippen LogP contribution in [0.4, 0.5) is 8.78 Å². The first-order valence-electron chi connectivity index (χ1n) is 11.0. The highest BCUT2D eigenvalue weighted by atomic mass is 19.3. The van der Waals surface area contributed by atoms with Crippen molar-refractivity contribution in [3.8, 4) is 0 Å². The monoisotopic (exact) mass is 453 g/mol. The molecule has 1 aliphatic heterocycles. The molecule has 1 amide bonds. The van der Waals surface area contributed by atoms with Gasteiger partial charge in [-0.25, -0.2) is 8.78 Å². The quantitative estimate of drug-likeness (QED) is 0.331. The maximum atomic E-state index is 13.4. The van der Waals surface area contributed by atoms with Gasteiger partial charge in [0.1, 0.15) is 0 Å². The molecule has 0 fully saturated rings. The molecule has 5 heteroatoms. The van der Waals surface area contributed by atoms with E-state index in [1.807, 2.05) is 37.0 Å². The zero-order valence-electron chi connectivity index (χ0n) is 20.1. The highest BCUT2D eigenvalue weighted by Crippen LogP contribution is 2.31. The highest BCUT2D eigenvalue weighted by molar-refractivity contribution is 5.79. The summed E-state index contributed by atoms with van der Waals surface area (Å²) < 4.78 is 31.7. The van der Waals surface area contributed by atoms with Crippen LogP contribution in [0.1, 0.15) is 57.7 Å². The van der Waals surface area contributed by atoms with Gasteiger partial charge >= 0.3 is 0 Å². The van der Waals surface area contributed by atoms with Gasteiger partial charge in [0.25, 0.3) is 5.92 Å². The molecule has 0 bridgehead atoms. The van der Waals surface area contributed by atoms with Gasteiger partial charge in [-0.3, -0.25) is 4.79 Å². The van der Waals surface area contributed by atoms with Crippen molar-refractivity contribution in [2.24, 2.45) is 0 Å². The molecule has 0 saturated heterocycles. The van der Waals surface area contributed by atoms with Crippen LogP contribution in [-0.4, -0.2) is 16.7 Å². The van der Waals surface area contributed by atoms with Gasteiger partial charge < -0.3 is 9.32 Å². The fourth-order valence-electron chi connectivity index (χ4n) is 3.50. The molecule has 0 radical (unpaired) electrons. The van der Waals surface area contributed by atoms with Crippen LogP contribution in [0.2, 0.25) is 0 Å². The number of allylic oxidation sites excluding steroid dienone is 6. The van der Waals surface area contributed by atoms with Gasteiger partial charge in [0.05, 0.1) is 12.5 Å². The molecule has 3 nitrogen and oxygen atoms in total. The zero-order valence-corrected chi connectivity index (χ0v) is 20.1. The summed E-state index contributed by atoms with van der Waals surface area (Å²) in [4.78, 5) is 13.9. The van der Waals surface area contributed by atoms with Crippen molar-refractivity contribution in [1.29, 1.82) is 0 Å². The van der Waals surface area contributed by atoms with Gasteiger partial charge in [0, 0.05) is 37.6 Å². The van der Waals surface area contributed by atoms with Gasteiger partial charge in [-0.1, -0.05) is 48.6 Å². The number of alkyl halides is 2. The Labute approximate surface area is 195 Å². The van der Waals surface area contributed by atoms with Gasteiger partial charge in [0.15, 0.2) is 0 Å². The molecular weight excluding hydrogens is 420 g/mol. The van der Waals surface area contributed by atoms with E-state index in [2.05, 4.69) is 18.7 Å². The Bertz CT molecular complexity index is 1030. The van der Waals surface area contributed by atoms with Crippen LogP contribution in [0.25, 0.3) is 5.57 Å². The minimum absolute atomic E-state index is 0.0631. The number of carbonyl (C=O) groups is 1. The predicted molar refractivity (Wildman–Crippen MR) is 131 cm³/mol. The molecule has 2 aromatic rings. The first-order chi connectivity index (χ1) is 15.6. The predicted octanol–water partition coefficient (Wildman–Crippen LogP) is 7.73. The summed E-state index contributed by atoms with van der Waals surface area (Å²) in [6, 6.07) is 10.00. The number of nitrogens with zero attached hydrogens (tertiary/aromatic N) is 1.